The van der Waals surface area contributed by atoms with Gasteiger partial charge in [0.05, 0.1) is 12.3 Å². The van der Waals surface area contributed by atoms with Crippen LogP contribution in [0.15, 0.2) is 24.4 Å². The summed E-state index contributed by atoms with van der Waals surface area (Å²) in [6, 6.07) is 5.73. The van der Waals surface area contributed by atoms with Crippen molar-refractivity contribution < 1.29 is 5.11 Å². The van der Waals surface area contributed by atoms with Crippen molar-refractivity contribution in [3.8, 4) is 5.82 Å². The van der Waals surface area contributed by atoms with Crippen molar-refractivity contribution in [2.45, 2.75) is 33.3 Å². The predicted octanol–water partition coefficient (Wildman–Crippen LogP) is 2.19. The van der Waals surface area contributed by atoms with E-state index in [9.17, 15) is 5.11 Å². The van der Waals surface area contributed by atoms with Crippen molar-refractivity contribution in [3.63, 3.8) is 0 Å². The molecule has 0 aliphatic heterocycles. The molecule has 4 heteroatoms. The maximum atomic E-state index is 9.26. The van der Waals surface area contributed by atoms with Gasteiger partial charge in [-0.15, -0.1) is 0 Å². The second-order valence-corrected chi connectivity index (χ2v) is 4.47. The van der Waals surface area contributed by atoms with Crippen LogP contribution in [0.25, 0.3) is 5.82 Å². The van der Waals surface area contributed by atoms with Crippen LogP contribution in [0.3, 0.4) is 0 Å². The number of rotatable bonds is 3. The number of aromatic nitrogens is 3. The topological polar surface area (TPSA) is 50.9 Å². The standard InChI is InChI=1S/C13H17N3O/c1-9(2)12-6-11(8-17)7-13(14-12)16-5-4-10(3)15-16/h4-7,9,17H,8H2,1-3H3. The molecule has 2 rings (SSSR count). The lowest BCUT2D eigenvalue weighted by molar-refractivity contribution is 0.281. The molecule has 0 fully saturated rings. The Morgan fingerprint density at radius 2 is 2.12 bits per heavy atom. The van der Waals surface area contributed by atoms with E-state index < -0.39 is 0 Å². The minimum absolute atomic E-state index is 0.0233. The molecule has 0 spiro atoms. The minimum atomic E-state index is 0.0233. The molecule has 2 heterocycles. The summed E-state index contributed by atoms with van der Waals surface area (Å²) in [5, 5.41) is 13.6. The Labute approximate surface area is 101 Å². The third-order valence-corrected chi connectivity index (χ3v) is 2.62. The first-order valence-corrected chi connectivity index (χ1v) is 5.74. The largest absolute Gasteiger partial charge is 0.392 e. The van der Waals surface area contributed by atoms with Crippen LogP contribution in [0.2, 0.25) is 0 Å². The minimum Gasteiger partial charge on any atom is -0.392 e. The van der Waals surface area contributed by atoms with Gasteiger partial charge in [-0.3, -0.25) is 0 Å². The number of aliphatic hydroxyl groups excluding tert-OH is 1. The highest BCUT2D eigenvalue weighted by Crippen LogP contribution is 2.17. The zero-order chi connectivity index (χ0) is 12.4. The molecule has 90 valence electrons. The molecule has 0 radical (unpaired) electrons. The summed E-state index contributed by atoms with van der Waals surface area (Å²) in [6.45, 7) is 6.13. The summed E-state index contributed by atoms with van der Waals surface area (Å²) in [7, 11) is 0. The first-order chi connectivity index (χ1) is 8.10. The number of hydrogen-bond acceptors (Lipinski definition) is 3. The maximum Gasteiger partial charge on any atom is 0.153 e. The maximum absolute atomic E-state index is 9.26. The van der Waals surface area contributed by atoms with Gasteiger partial charge in [0.1, 0.15) is 0 Å². The summed E-state index contributed by atoms with van der Waals surface area (Å²) in [5.74, 6) is 1.09. The first kappa shape index (κ1) is 11.8. The van der Waals surface area contributed by atoms with Crippen LogP contribution in [0, 0.1) is 6.92 Å². The molecule has 0 saturated heterocycles. The van der Waals surface area contributed by atoms with Crippen LogP contribution in [-0.4, -0.2) is 19.9 Å². The molecule has 2 aromatic heterocycles. The average molecular weight is 231 g/mol. The molecule has 0 aliphatic rings. The Morgan fingerprint density at radius 3 is 2.65 bits per heavy atom. The Bertz CT molecular complexity index is 517. The van der Waals surface area contributed by atoms with E-state index >= 15 is 0 Å². The summed E-state index contributed by atoms with van der Waals surface area (Å²) in [6.07, 6.45) is 1.88. The Kier molecular flexibility index (Phi) is 3.24. The first-order valence-electron chi connectivity index (χ1n) is 5.74. The van der Waals surface area contributed by atoms with Gasteiger partial charge >= 0.3 is 0 Å². The Balaban J connectivity index is 2.49. The fourth-order valence-corrected chi connectivity index (χ4v) is 1.64. The summed E-state index contributed by atoms with van der Waals surface area (Å²) in [5.41, 5.74) is 2.79. The molecule has 0 unspecified atom stereocenters. The van der Waals surface area contributed by atoms with Crippen molar-refractivity contribution >= 4 is 0 Å². The zero-order valence-corrected chi connectivity index (χ0v) is 10.4. The van der Waals surface area contributed by atoms with E-state index in [2.05, 4.69) is 23.9 Å². The third-order valence-electron chi connectivity index (χ3n) is 2.62. The van der Waals surface area contributed by atoms with Crippen molar-refractivity contribution in [1.82, 2.24) is 14.8 Å². The van der Waals surface area contributed by atoms with Crippen LogP contribution >= 0.6 is 0 Å². The fraction of sp³-hybridized carbons (Fsp3) is 0.385. The lowest BCUT2D eigenvalue weighted by atomic mass is 10.1. The van der Waals surface area contributed by atoms with Gasteiger partial charge < -0.3 is 5.11 Å². The second kappa shape index (κ2) is 4.67. The summed E-state index contributed by atoms with van der Waals surface area (Å²) in [4.78, 5) is 4.55. The number of aryl methyl sites for hydroxylation is 1. The number of pyridine rings is 1. The lowest BCUT2D eigenvalue weighted by Gasteiger charge is -2.10. The van der Waals surface area contributed by atoms with Gasteiger partial charge in [-0.2, -0.15) is 5.10 Å². The molecular weight excluding hydrogens is 214 g/mol. The van der Waals surface area contributed by atoms with E-state index in [0.717, 1.165) is 22.8 Å². The van der Waals surface area contributed by atoms with Crippen LogP contribution in [0.4, 0.5) is 0 Å². The van der Waals surface area contributed by atoms with Gasteiger partial charge in [0.2, 0.25) is 0 Å². The molecule has 0 amide bonds. The van der Waals surface area contributed by atoms with Crippen LogP contribution < -0.4 is 0 Å². The van der Waals surface area contributed by atoms with Crippen molar-refractivity contribution in [3.05, 3.63) is 41.3 Å². The van der Waals surface area contributed by atoms with Crippen molar-refractivity contribution in [2.24, 2.45) is 0 Å². The van der Waals surface area contributed by atoms with Gasteiger partial charge in [0, 0.05) is 11.9 Å². The van der Waals surface area contributed by atoms with E-state index in [4.69, 9.17) is 0 Å². The molecule has 4 nitrogen and oxygen atoms in total. The number of aliphatic hydroxyl groups is 1. The van der Waals surface area contributed by atoms with Crippen LogP contribution in [-0.2, 0) is 6.61 Å². The van der Waals surface area contributed by atoms with E-state index in [-0.39, 0.29) is 6.61 Å². The Hall–Kier alpha value is -1.68. The number of hydrogen-bond donors (Lipinski definition) is 1. The van der Waals surface area contributed by atoms with E-state index in [1.165, 1.54) is 0 Å². The van der Waals surface area contributed by atoms with Gasteiger partial charge in [0.15, 0.2) is 5.82 Å². The quantitative estimate of drug-likeness (QED) is 0.881. The highest BCUT2D eigenvalue weighted by atomic mass is 16.3. The molecule has 0 bridgehead atoms. The third kappa shape index (κ3) is 2.53. The SMILES string of the molecule is Cc1ccn(-c2cc(CO)cc(C(C)C)n2)n1. The van der Waals surface area contributed by atoms with Crippen molar-refractivity contribution in [2.75, 3.05) is 0 Å². The van der Waals surface area contributed by atoms with Gasteiger partial charge in [-0.1, -0.05) is 13.8 Å². The molecular formula is C13H17N3O. The van der Waals surface area contributed by atoms with E-state index in [0.29, 0.717) is 5.92 Å². The predicted molar refractivity (Wildman–Crippen MR) is 66.1 cm³/mol. The smallest absolute Gasteiger partial charge is 0.153 e. The Morgan fingerprint density at radius 1 is 1.35 bits per heavy atom. The fourth-order valence-electron chi connectivity index (χ4n) is 1.64. The lowest BCUT2D eigenvalue weighted by Crippen LogP contribution is -2.04. The van der Waals surface area contributed by atoms with E-state index in [1.807, 2.05) is 31.3 Å². The van der Waals surface area contributed by atoms with E-state index in [1.54, 1.807) is 4.68 Å². The normalized spacial score (nSPS) is 11.1. The molecule has 0 atom stereocenters. The second-order valence-electron chi connectivity index (χ2n) is 4.47. The molecule has 1 N–H and O–H groups in total. The monoisotopic (exact) mass is 231 g/mol. The van der Waals surface area contributed by atoms with Gasteiger partial charge in [0.25, 0.3) is 0 Å². The molecule has 2 aromatic rings. The molecule has 0 aliphatic carbocycles. The molecule has 0 saturated carbocycles. The van der Waals surface area contributed by atoms with Crippen LogP contribution in [0.5, 0.6) is 0 Å². The van der Waals surface area contributed by atoms with Crippen molar-refractivity contribution in [1.29, 1.82) is 0 Å². The molecule has 17 heavy (non-hydrogen) atoms. The highest BCUT2D eigenvalue weighted by molar-refractivity contribution is 5.31. The van der Waals surface area contributed by atoms with Gasteiger partial charge in [-0.25, -0.2) is 9.67 Å². The molecule has 0 aromatic carbocycles. The summed E-state index contributed by atoms with van der Waals surface area (Å²) >= 11 is 0. The zero-order valence-electron chi connectivity index (χ0n) is 10.4. The highest BCUT2D eigenvalue weighted by Gasteiger charge is 2.07. The number of nitrogens with zero attached hydrogens (tertiary/aromatic N) is 3. The van der Waals surface area contributed by atoms with Crippen LogP contribution in [0.1, 0.15) is 36.7 Å². The average Bonchev–Trinajstić information content (AvgIpc) is 2.75. The summed E-state index contributed by atoms with van der Waals surface area (Å²) < 4.78 is 1.74. The van der Waals surface area contributed by atoms with Gasteiger partial charge in [-0.05, 0) is 36.6 Å².